The Balaban J connectivity index is 3.00. The van der Waals surface area contributed by atoms with Gasteiger partial charge in [0.1, 0.15) is 6.61 Å². The van der Waals surface area contributed by atoms with Crippen molar-refractivity contribution in [2.45, 2.75) is 24.5 Å². The van der Waals surface area contributed by atoms with Crippen LogP contribution < -0.4 is 0 Å². The highest BCUT2D eigenvalue weighted by atomic mass is 19.2. The fourth-order valence-corrected chi connectivity index (χ4v) is 0.873. The summed E-state index contributed by atoms with van der Waals surface area (Å²) in [5.74, 6) is -4.65. The normalized spacial score (nSPS) is 48.8. The Labute approximate surface area is 67.4 Å². The number of aliphatic hydroxyl groups excluding tert-OH is 1. The van der Waals surface area contributed by atoms with Gasteiger partial charge in [-0.25, -0.2) is 9.18 Å². The molecule has 1 rings (SSSR count). The number of esters is 1. The van der Waals surface area contributed by atoms with Crippen molar-refractivity contribution < 1.29 is 29.2 Å². The molecule has 6 heteroatoms. The highest BCUT2D eigenvalue weighted by molar-refractivity contribution is 5.81. The average Bonchev–Trinajstić information content (AvgIpc) is 1.96. The highest BCUT2D eigenvalue weighted by Crippen LogP contribution is 2.32. The topological polar surface area (TPSA) is 87.0 Å². The van der Waals surface area contributed by atoms with Crippen LogP contribution in [0.5, 0.6) is 0 Å². The Morgan fingerprint density at radius 3 is 2.58 bits per heavy atom. The van der Waals surface area contributed by atoms with E-state index in [0.717, 1.165) is 6.92 Å². The third-order valence-corrected chi connectivity index (χ3v) is 1.89. The Kier molecular flexibility index (Phi) is 1.86. The van der Waals surface area contributed by atoms with Crippen LogP contribution in [0.3, 0.4) is 0 Å². The molecule has 3 N–H and O–H groups in total. The number of hydrogen-bond acceptors (Lipinski definition) is 5. The van der Waals surface area contributed by atoms with E-state index >= 15 is 0 Å². The maximum absolute atomic E-state index is 13.0. The standard InChI is InChI=1S/C6H9FO5/c1-5(10)4(9)12-2-3(8)6(5,7)11/h3,8,10-11H,2H2,1H3/t3-,5+,6-/m1/s1. The first-order valence-electron chi connectivity index (χ1n) is 3.29. The van der Waals surface area contributed by atoms with E-state index < -0.39 is 30.1 Å². The molecule has 0 spiro atoms. The average molecular weight is 180 g/mol. The number of aliphatic hydroxyl groups is 3. The lowest BCUT2D eigenvalue weighted by molar-refractivity contribution is -0.295. The molecule has 0 amide bonds. The van der Waals surface area contributed by atoms with E-state index in [4.69, 9.17) is 15.3 Å². The molecule has 0 aromatic rings. The summed E-state index contributed by atoms with van der Waals surface area (Å²) in [6, 6.07) is 0. The van der Waals surface area contributed by atoms with E-state index in [2.05, 4.69) is 4.74 Å². The van der Waals surface area contributed by atoms with Crippen LogP contribution in [0.25, 0.3) is 0 Å². The lowest BCUT2D eigenvalue weighted by atomic mass is 9.90. The summed E-state index contributed by atoms with van der Waals surface area (Å²) in [4.78, 5) is 10.7. The van der Waals surface area contributed by atoms with Gasteiger partial charge >= 0.3 is 5.97 Å². The van der Waals surface area contributed by atoms with Gasteiger partial charge in [-0.3, -0.25) is 0 Å². The summed E-state index contributed by atoms with van der Waals surface area (Å²) in [7, 11) is 0. The van der Waals surface area contributed by atoms with Crippen LogP contribution >= 0.6 is 0 Å². The minimum Gasteiger partial charge on any atom is -0.460 e. The number of cyclic esters (lactones) is 1. The number of alkyl halides is 1. The Morgan fingerprint density at radius 1 is 1.67 bits per heavy atom. The van der Waals surface area contributed by atoms with Crippen LogP contribution in [-0.2, 0) is 9.53 Å². The SMILES string of the molecule is C[C@]1(O)C(=O)OC[C@@H](O)[C@]1(O)F. The van der Waals surface area contributed by atoms with Crippen LogP contribution in [0.15, 0.2) is 0 Å². The number of rotatable bonds is 0. The van der Waals surface area contributed by atoms with Gasteiger partial charge in [-0.15, -0.1) is 0 Å². The summed E-state index contributed by atoms with van der Waals surface area (Å²) in [5, 5.41) is 26.8. The fourth-order valence-electron chi connectivity index (χ4n) is 0.873. The quantitative estimate of drug-likeness (QED) is 0.387. The molecule has 1 fully saturated rings. The van der Waals surface area contributed by atoms with E-state index in [0.29, 0.717) is 0 Å². The van der Waals surface area contributed by atoms with Gasteiger partial charge < -0.3 is 20.1 Å². The molecule has 1 aliphatic rings. The minimum absolute atomic E-state index is 0.665. The summed E-state index contributed by atoms with van der Waals surface area (Å²) in [6.07, 6.45) is -1.93. The molecule has 1 saturated heterocycles. The fraction of sp³-hybridized carbons (Fsp3) is 0.833. The second kappa shape index (κ2) is 2.38. The lowest BCUT2D eigenvalue weighted by Crippen LogP contribution is -2.66. The van der Waals surface area contributed by atoms with Crippen LogP contribution in [0, 0.1) is 0 Å². The predicted octanol–water partition coefficient (Wildman–Crippen LogP) is -1.69. The van der Waals surface area contributed by atoms with Crippen molar-refractivity contribution in [2.75, 3.05) is 6.61 Å². The number of ether oxygens (including phenoxy) is 1. The third-order valence-electron chi connectivity index (χ3n) is 1.89. The zero-order chi connectivity index (χ0) is 9.57. The van der Waals surface area contributed by atoms with Gasteiger partial charge in [0.15, 0.2) is 6.10 Å². The highest BCUT2D eigenvalue weighted by Gasteiger charge is 2.61. The van der Waals surface area contributed by atoms with Crippen LogP contribution in [0.2, 0.25) is 0 Å². The van der Waals surface area contributed by atoms with E-state index in [9.17, 15) is 9.18 Å². The molecule has 0 radical (unpaired) electrons. The first kappa shape index (κ1) is 9.37. The Hall–Kier alpha value is -0.720. The Morgan fingerprint density at radius 2 is 2.17 bits per heavy atom. The number of carbonyl (C=O) groups excluding carboxylic acids is 1. The monoisotopic (exact) mass is 180 g/mol. The summed E-state index contributed by atoms with van der Waals surface area (Å²) >= 11 is 0. The van der Waals surface area contributed by atoms with E-state index in [-0.39, 0.29) is 0 Å². The maximum atomic E-state index is 13.0. The molecule has 0 aromatic heterocycles. The number of hydrogen-bond donors (Lipinski definition) is 3. The van der Waals surface area contributed by atoms with Crippen molar-refractivity contribution in [1.29, 1.82) is 0 Å². The third kappa shape index (κ3) is 0.996. The van der Waals surface area contributed by atoms with E-state index in [1.807, 2.05) is 0 Å². The second-order valence-electron chi connectivity index (χ2n) is 2.86. The zero-order valence-electron chi connectivity index (χ0n) is 6.32. The van der Waals surface area contributed by atoms with Crippen molar-refractivity contribution >= 4 is 5.97 Å². The molecular formula is C6H9FO5. The first-order chi connectivity index (χ1) is 5.30. The summed E-state index contributed by atoms with van der Waals surface area (Å²) in [5.41, 5.74) is -2.72. The molecule has 1 aliphatic heterocycles. The van der Waals surface area contributed by atoms with Crippen LogP contribution in [-0.4, -0.2) is 45.5 Å². The molecule has 70 valence electrons. The Bertz CT molecular complexity index is 212. The van der Waals surface area contributed by atoms with Crippen molar-refractivity contribution in [3.05, 3.63) is 0 Å². The van der Waals surface area contributed by atoms with Gasteiger partial charge in [0, 0.05) is 0 Å². The molecular weight excluding hydrogens is 171 g/mol. The molecule has 12 heavy (non-hydrogen) atoms. The van der Waals surface area contributed by atoms with Gasteiger partial charge in [0.2, 0.25) is 5.60 Å². The van der Waals surface area contributed by atoms with Gasteiger partial charge in [0.05, 0.1) is 0 Å². The molecule has 0 bridgehead atoms. The minimum atomic E-state index is -3.36. The van der Waals surface area contributed by atoms with Gasteiger partial charge in [-0.2, -0.15) is 0 Å². The van der Waals surface area contributed by atoms with Crippen molar-refractivity contribution in [2.24, 2.45) is 0 Å². The smallest absolute Gasteiger partial charge is 0.344 e. The first-order valence-corrected chi connectivity index (χ1v) is 3.29. The van der Waals surface area contributed by atoms with Gasteiger partial charge in [0.25, 0.3) is 5.85 Å². The molecule has 1 heterocycles. The van der Waals surface area contributed by atoms with Crippen molar-refractivity contribution in [1.82, 2.24) is 0 Å². The zero-order valence-corrected chi connectivity index (χ0v) is 6.32. The summed E-state index contributed by atoms with van der Waals surface area (Å²) < 4.78 is 17.2. The molecule has 0 saturated carbocycles. The molecule has 0 aromatic carbocycles. The molecule has 5 nitrogen and oxygen atoms in total. The summed E-state index contributed by atoms with van der Waals surface area (Å²) in [6.45, 7) is 0.0691. The van der Waals surface area contributed by atoms with Gasteiger partial charge in [-0.05, 0) is 6.92 Å². The number of carbonyl (C=O) groups is 1. The van der Waals surface area contributed by atoms with E-state index in [1.54, 1.807) is 0 Å². The second-order valence-corrected chi connectivity index (χ2v) is 2.86. The van der Waals surface area contributed by atoms with Crippen LogP contribution in [0.1, 0.15) is 6.92 Å². The molecule has 3 atom stereocenters. The lowest BCUT2D eigenvalue weighted by Gasteiger charge is -2.39. The van der Waals surface area contributed by atoms with E-state index in [1.165, 1.54) is 0 Å². The molecule has 0 unspecified atom stereocenters. The van der Waals surface area contributed by atoms with Gasteiger partial charge in [-0.1, -0.05) is 0 Å². The number of halogens is 1. The molecule has 0 aliphatic carbocycles. The largest absolute Gasteiger partial charge is 0.460 e. The van der Waals surface area contributed by atoms with Crippen molar-refractivity contribution in [3.63, 3.8) is 0 Å². The predicted molar refractivity (Wildman–Crippen MR) is 33.6 cm³/mol. The maximum Gasteiger partial charge on any atom is 0.344 e. The van der Waals surface area contributed by atoms with Crippen molar-refractivity contribution in [3.8, 4) is 0 Å². The van der Waals surface area contributed by atoms with Crippen LogP contribution in [0.4, 0.5) is 4.39 Å².